The van der Waals surface area contributed by atoms with Gasteiger partial charge in [-0.2, -0.15) is 0 Å². The average molecular weight is 222 g/mol. The van der Waals surface area contributed by atoms with Crippen molar-refractivity contribution in [1.29, 1.82) is 0 Å². The fourth-order valence-electron chi connectivity index (χ4n) is 1.41. The Hall–Kier alpha value is -1.19. The molecule has 0 bridgehead atoms. The SMILES string of the molecule is COCc1cccc(C(=O)C(C)(C)OC)c1. The molecule has 0 amide bonds. The zero-order valence-corrected chi connectivity index (χ0v) is 10.2. The molecule has 0 aliphatic carbocycles. The first-order valence-corrected chi connectivity index (χ1v) is 5.19. The highest BCUT2D eigenvalue weighted by Gasteiger charge is 2.28. The Labute approximate surface area is 96.4 Å². The van der Waals surface area contributed by atoms with Crippen LogP contribution in [0.15, 0.2) is 24.3 Å². The molecule has 1 rings (SSSR count). The lowest BCUT2D eigenvalue weighted by molar-refractivity contribution is 0.0228. The number of carbonyl (C=O) groups excluding carboxylic acids is 1. The summed E-state index contributed by atoms with van der Waals surface area (Å²) in [6.07, 6.45) is 0. The third kappa shape index (κ3) is 2.90. The summed E-state index contributed by atoms with van der Waals surface area (Å²) in [6.45, 7) is 4.03. The summed E-state index contributed by atoms with van der Waals surface area (Å²) in [4.78, 5) is 12.1. The maximum Gasteiger partial charge on any atom is 0.194 e. The minimum atomic E-state index is -0.786. The van der Waals surface area contributed by atoms with E-state index in [1.807, 2.05) is 18.2 Å². The molecule has 0 atom stereocenters. The summed E-state index contributed by atoms with van der Waals surface area (Å²) in [5, 5.41) is 0. The van der Waals surface area contributed by atoms with E-state index in [1.54, 1.807) is 27.0 Å². The van der Waals surface area contributed by atoms with E-state index in [0.29, 0.717) is 12.2 Å². The van der Waals surface area contributed by atoms with Crippen molar-refractivity contribution < 1.29 is 14.3 Å². The highest BCUT2D eigenvalue weighted by molar-refractivity contribution is 6.02. The third-order valence-corrected chi connectivity index (χ3v) is 2.56. The monoisotopic (exact) mass is 222 g/mol. The van der Waals surface area contributed by atoms with Gasteiger partial charge in [0.1, 0.15) is 5.60 Å². The van der Waals surface area contributed by atoms with Crippen LogP contribution in [-0.2, 0) is 16.1 Å². The number of rotatable bonds is 5. The molecule has 16 heavy (non-hydrogen) atoms. The Balaban J connectivity index is 2.96. The van der Waals surface area contributed by atoms with Crippen LogP contribution < -0.4 is 0 Å². The van der Waals surface area contributed by atoms with Crippen LogP contribution in [0.3, 0.4) is 0 Å². The minimum absolute atomic E-state index is 0.0204. The van der Waals surface area contributed by atoms with E-state index >= 15 is 0 Å². The molecule has 0 aliphatic rings. The van der Waals surface area contributed by atoms with Crippen molar-refractivity contribution in [1.82, 2.24) is 0 Å². The van der Waals surface area contributed by atoms with Crippen LogP contribution in [-0.4, -0.2) is 25.6 Å². The number of benzene rings is 1. The molecule has 0 N–H and O–H groups in total. The number of ether oxygens (including phenoxy) is 2. The molecule has 0 radical (unpaired) electrons. The number of hydrogen-bond donors (Lipinski definition) is 0. The fraction of sp³-hybridized carbons (Fsp3) is 0.462. The van der Waals surface area contributed by atoms with Gasteiger partial charge in [-0.3, -0.25) is 4.79 Å². The fourth-order valence-corrected chi connectivity index (χ4v) is 1.41. The largest absolute Gasteiger partial charge is 0.380 e. The van der Waals surface area contributed by atoms with Crippen LogP contribution in [0.4, 0.5) is 0 Å². The molecule has 0 fully saturated rings. The van der Waals surface area contributed by atoms with E-state index in [9.17, 15) is 4.79 Å². The van der Waals surface area contributed by atoms with Crippen LogP contribution >= 0.6 is 0 Å². The minimum Gasteiger partial charge on any atom is -0.380 e. The zero-order chi connectivity index (χ0) is 12.2. The summed E-state index contributed by atoms with van der Waals surface area (Å²) in [7, 11) is 3.17. The first kappa shape index (κ1) is 12.9. The van der Waals surface area contributed by atoms with Crippen molar-refractivity contribution in [2.45, 2.75) is 26.1 Å². The lowest BCUT2D eigenvalue weighted by Crippen LogP contribution is -2.33. The second kappa shape index (κ2) is 5.23. The Morgan fingerprint density at radius 3 is 2.56 bits per heavy atom. The average Bonchev–Trinajstić information content (AvgIpc) is 2.29. The molecule has 88 valence electrons. The van der Waals surface area contributed by atoms with Crippen molar-refractivity contribution in [3.05, 3.63) is 35.4 Å². The Bertz CT molecular complexity index is 369. The summed E-state index contributed by atoms with van der Waals surface area (Å²) < 4.78 is 10.2. The van der Waals surface area contributed by atoms with Crippen LogP contribution in [0.2, 0.25) is 0 Å². The van der Waals surface area contributed by atoms with Gasteiger partial charge in [-0.1, -0.05) is 18.2 Å². The standard InChI is InChI=1S/C13H18O3/c1-13(2,16-4)12(14)11-7-5-6-10(8-11)9-15-3/h5-8H,9H2,1-4H3. The molecule has 3 heteroatoms. The first-order chi connectivity index (χ1) is 7.51. The number of Topliss-reactive ketones (excluding diaryl/α,β-unsaturated/α-hetero) is 1. The smallest absolute Gasteiger partial charge is 0.194 e. The molecular weight excluding hydrogens is 204 g/mol. The third-order valence-electron chi connectivity index (χ3n) is 2.56. The predicted molar refractivity (Wildman–Crippen MR) is 62.6 cm³/mol. The van der Waals surface area contributed by atoms with Crippen molar-refractivity contribution in [3.8, 4) is 0 Å². The highest BCUT2D eigenvalue weighted by Crippen LogP contribution is 2.17. The molecule has 0 unspecified atom stereocenters. The van der Waals surface area contributed by atoms with Crippen LogP contribution in [0.1, 0.15) is 29.8 Å². The second-order valence-electron chi connectivity index (χ2n) is 4.18. The van der Waals surface area contributed by atoms with Gasteiger partial charge in [0.05, 0.1) is 6.61 Å². The Morgan fingerprint density at radius 2 is 2.00 bits per heavy atom. The van der Waals surface area contributed by atoms with Gasteiger partial charge < -0.3 is 9.47 Å². The molecule has 1 aromatic rings. The number of methoxy groups -OCH3 is 2. The van der Waals surface area contributed by atoms with Gasteiger partial charge in [0, 0.05) is 19.8 Å². The maximum atomic E-state index is 12.1. The van der Waals surface area contributed by atoms with Gasteiger partial charge in [-0.05, 0) is 25.5 Å². The number of ketones is 1. The van der Waals surface area contributed by atoms with Crippen LogP contribution in [0, 0.1) is 0 Å². The van der Waals surface area contributed by atoms with Gasteiger partial charge in [0.2, 0.25) is 0 Å². The number of hydrogen-bond acceptors (Lipinski definition) is 3. The van der Waals surface area contributed by atoms with E-state index < -0.39 is 5.60 Å². The topological polar surface area (TPSA) is 35.5 Å². The molecule has 0 saturated heterocycles. The first-order valence-electron chi connectivity index (χ1n) is 5.19. The molecule has 0 spiro atoms. The normalized spacial score (nSPS) is 11.5. The van der Waals surface area contributed by atoms with Crippen molar-refractivity contribution in [2.24, 2.45) is 0 Å². The van der Waals surface area contributed by atoms with Crippen LogP contribution in [0.5, 0.6) is 0 Å². The van der Waals surface area contributed by atoms with E-state index in [4.69, 9.17) is 9.47 Å². The Kier molecular flexibility index (Phi) is 4.21. The van der Waals surface area contributed by atoms with Crippen LogP contribution in [0.25, 0.3) is 0 Å². The Morgan fingerprint density at radius 1 is 1.31 bits per heavy atom. The quantitative estimate of drug-likeness (QED) is 0.718. The molecule has 1 aromatic carbocycles. The van der Waals surface area contributed by atoms with Gasteiger partial charge in [0.25, 0.3) is 0 Å². The molecule has 3 nitrogen and oxygen atoms in total. The highest BCUT2D eigenvalue weighted by atomic mass is 16.5. The molecule has 0 heterocycles. The summed E-state index contributed by atoms with van der Waals surface area (Å²) in [5.41, 5.74) is 0.854. The molecule has 0 aliphatic heterocycles. The summed E-state index contributed by atoms with van der Waals surface area (Å²) >= 11 is 0. The van der Waals surface area contributed by atoms with E-state index in [0.717, 1.165) is 5.56 Å². The van der Waals surface area contributed by atoms with Crippen molar-refractivity contribution in [2.75, 3.05) is 14.2 Å². The van der Waals surface area contributed by atoms with Gasteiger partial charge in [0.15, 0.2) is 5.78 Å². The molecular formula is C13H18O3. The van der Waals surface area contributed by atoms with Crippen molar-refractivity contribution >= 4 is 5.78 Å². The lowest BCUT2D eigenvalue weighted by Gasteiger charge is -2.21. The van der Waals surface area contributed by atoms with Crippen molar-refractivity contribution in [3.63, 3.8) is 0 Å². The maximum absolute atomic E-state index is 12.1. The van der Waals surface area contributed by atoms with E-state index in [2.05, 4.69) is 0 Å². The predicted octanol–water partition coefficient (Wildman–Crippen LogP) is 2.44. The zero-order valence-electron chi connectivity index (χ0n) is 10.2. The van der Waals surface area contributed by atoms with Gasteiger partial charge in [-0.25, -0.2) is 0 Å². The van der Waals surface area contributed by atoms with Gasteiger partial charge >= 0.3 is 0 Å². The second-order valence-corrected chi connectivity index (χ2v) is 4.18. The lowest BCUT2D eigenvalue weighted by atomic mass is 9.95. The molecule has 0 saturated carbocycles. The van der Waals surface area contributed by atoms with E-state index in [-0.39, 0.29) is 5.78 Å². The summed E-state index contributed by atoms with van der Waals surface area (Å²) in [6, 6.07) is 7.42. The summed E-state index contributed by atoms with van der Waals surface area (Å²) in [5.74, 6) is -0.0204. The number of carbonyl (C=O) groups is 1. The molecule has 0 aromatic heterocycles. The van der Waals surface area contributed by atoms with Gasteiger partial charge in [-0.15, -0.1) is 0 Å². The van der Waals surface area contributed by atoms with E-state index in [1.165, 1.54) is 7.11 Å².